The van der Waals surface area contributed by atoms with Gasteiger partial charge in [-0.15, -0.1) is 11.8 Å². The van der Waals surface area contributed by atoms with Crippen LogP contribution in [0.1, 0.15) is 20.8 Å². The highest BCUT2D eigenvalue weighted by Crippen LogP contribution is 2.15. The molecule has 106 valence electrons. The van der Waals surface area contributed by atoms with Crippen LogP contribution in [0, 0.1) is 5.92 Å². The lowest BCUT2D eigenvalue weighted by atomic mass is 10.1. The highest BCUT2D eigenvalue weighted by atomic mass is 32.2. The molecule has 0 fully saturated rings. The Balaban J connectivity index is 3.98. The van der Waals surface area contributed by atoms with Crippen molar-refractivity contribution in [2.24, 2.45) is 17.4 Å². The zero-order chi connectivity index (χ0) is 14.3. The van der Waals surface area contributed by atoms with E-state index < -0.39 is 24.0 Å². The Morgan fingerprint density at radius 3 is 2.11 bits per heavy atom. The molecule has 0 saturated heterocycles. The van der Waals surface area contributed by atoms with Crippen molar-refractivity contribution < 1.29 is 19.1 Å². The summed E-state index contributed by atoms with van der Waals surface area (Å²) in [5.41, 5.74) is 11.3. The number of rotatable bonds is 7. The minimum Gasteiger partial charge on any atom is -0.468 e. The second-order valence-corrected chi connectivity index (χ2v) is 5.58. The molecule has 0 aliphatic carbocycles. The molecule has 0 amide bonds. The SMILES string of the molecule is COC(=O)C(N)C(C)SCOC(=O)C(N)C(C)C. The van der Waals surface area contributed by atoms with Crippen molar-refractivity contribution in [1.82, 2.24) is 0 Å². The quantitative estimate of drug-likeness (QED) is 0.502. The lowest BCUT2D eigenvalue weighted by molar-refractivity contribution is -0.144. The van der Waals surface area contributed by atoms with Gasteiger partial charge in [-0.1, -0.05) is 20.8 Å². The monoisotopic (exact) mass is 278 g/mol. The average Bonchev–Trinajstić information content (AvgIpc) is 2.35. The lowest BCUT2D eigenvalue weighted by Crippen LogP contribution is -2.40. The van der Waals surface area contributed by atoms with Crippen LogP contribution in [0.5, 0.6) is 0 Å². The topological polar surface area (TPSA) is 105 Å². The van der Waals surface area contributed by atoms with Crippen LogP contribution < -0.4 is 11.5 Å². The summed E-state index contributed by atoms with van der Waals surface area (Å²) in [6.07, 6.45) is 0. The van der Waals surface area contributed by atoms with Gasteiger partial charge in [-0.05, 0) is 5.92 Å². The number of carbonyl (C=O) groups excluding carboxylic acids is 2. The molecule has 0 aromatic heterocycles. The molecule has 0 aliphatic rings. The normalized spacial score (nSPS) is 15.9. The summed E-state index contributed by atoms with van der Waals surface area (Å²) in [6, 6.07) is -1.37. The highest BCUT2D eigenvalue weighted by molar-refractivity contribution is 7.99. The predicted octanol–water partition coefficient (Wildman–Crippen LogP) is 0.0924. The van der Waals surface area contributed by atoms with E-state index in [9.17, 15) is 9.59 Å². The number of hydrogen-bond donors (Lipinski definition) is 2. The van der Waals surface area contributed by atoms with E-state index >= 15 is 0 Å². The van der Waals surface area contributed by atoms with Gasteiger partial charge in [0.1, 0.15) is 18.0 Å². The molecular weight excluding hydrogens is 256 g/mol. The van der Waals surface area contributed by atoms with Crippen LogP contribution in [0.4, 0.5) is 0 Å². The van der Waals surface area contributed by atoms with Gasteiger partial charge in [-0.3, -0.25) is 9.59 Å². The first kappa shape index (κ1) is 17.2. The maximum absolute atomic E-state index is 11.4. The standard InChI is InChI=1S/C11H22N2O4S/c1-6(2)8(12)11(15)17-5-18-7(3)9(13)10(14)16-4/h6-9H,5,12-13H2,1-4H3. The molecule has 0 heterocycles. The molecule has 0 saturated carbocycles. The largest absolute Gasteiger partial charge is 0.468 e. The van der Waals surface area contributed by atoms with Gasteiger partial charge in [0.15, 0.2) is 0 Å². The summed E-state index contributed by atoms with van der Waals surface area (Å²) in [5, 5.41) is -0.208. The van der Waals surface area contributed by atoms with E-state index in [4.69, 9.17) is 16.2 Å². The molecule has 6 nitrogen and oxygen atoms in total. The Morgan fingerprint density at radius 1 is 1.11 bits per heavy atom. The van der Waals surface area contributed by atoms with Gasteiger partial charge in [-0.25, -0.2) is 0 Å². The molecule has 0 rings (SSSR count). The Kier molecular flexibility index (Phi) is 7.97. The second-order valence-electron chi connectivity index (χ2n) is 4.27. The van der Waals surface area contributed by atoms with Crippen LogP contribution in [-0.4, -0.2) is 42.3 Å². The Hall–Kier alpha value is -0.790. The molecule has 0 aliphatic heterocycles. The van der Waals surface area contributed by atoms with Crippen LogP contribution >= 0.6 is 11.8 Å². The zero-order valence-electron chi connectivity index (χ0n) is 11.2. The van der Waals surface area contributed by atoms with E-state index in [1.54, 1.807) is 6.92 Å². The van der Waals surface area contributed by atoms with E-state index in [0.29, 0.717) is 0 Å². The highest BCUT2D eigenvalue weighted by Gasteiger charge is 2.23. The smallest absolute Gasteiger partial charge is 0.324 e. The van der Waals surface area contributed by atoms with Crippen LogP contribution in [0.3, 0.4) is 0 Å². The second kappa shape index (κ2) is 8.34. The van der Waals surface area contributed by atoms with Crippen molar-refractivity contribution in [2.75, 3.05) is 13.0 Å². The number of methoxy groups -OCH3 is 1. The molecule has 0 radical (unpaired) electrons. The fourth-order valence-electron chi connectivity index (χ4n) is 0.999. The van der Waals surface area contributed by atoms with Crippen molar-refractivity contribution in [3.8, 4) is 0 Å². The molecule has 0 aromatic rings. The zero-order valence-corrected chi connectivity index (χ0v) is 12.0. The van der Waals surface area contributed by atoms with E-state index in [-0.39, 0.29) is 17.1 Å². The number of esters is 2. The number of nitrogens with two attached hydrogens (primary N) is 2. The Labute approximate surface area is 112 Å². The van der Waals surface area contributed by atoms with Gasteiger partial charge >= 0.3 is 11.9 Å². The Morgan fingerprint density at radius 2 is 1.67 bits per heavy atom. The van der Waals surface area contributed by atoms with Crippen molar-refractivity contribution in [3.63, 3.8) is 0 Å². The van der Waals surface area contributed by atoms with E-state index in [2.05, 4.69) is 4.74 Å². The summed E-state index contributed by atoms with van der Waals surface area (Å²) in [7, 11) is 1.28. The molecule has 18 heavy (non-hydrogen) atoms. The van der Waals surface area contributed by atoms with E-state index in [1.807, 2.05) is 13.8 Å². The van der Waals surface area contributed by atoms with Crippen LogP contribution in [0.25, 0.3) is 0 Å². The summed E-state index contributed by atoms with van der Waals surface area (Å²) in [5.74, 6) is -0.792. The molecule has 4 N–H and O–H groups in total. The third-order valence-electron chi connectivity index (χ3n) is 2.50. The van der Waals surface area contributed by atoms with Crippen molar-refractivity contribution in [2.45, 2.75) is 38.1 Å². The Bertz CT molecular complexity index is 286. The van der Waals surface area contributed by atoms with Gasteiger partial charge in [0.05, 0.1) is 7.11 Å². The van der Waals surface area contributed by atoms with Crippen molar-refractivity contribution in [1.29, 1.82) is 0 Å². The van der Waals surface area contributed by atoms with Crippen molar-refractivity contribution in [3.05, 3.63) is 0 Å². The molecule has 0 spiro atoms. The molecule has 3 unspecified atom stereocenters. The third kappa shape index (κ3) is 5.70. The number of hydrogen-bond acceptors (Lipinski definition) is 7. The van der Waals surface area contributed by atoms with Crippen LogP contribution in [0.2, 0.25) is 0 Å². The summed E-state index contributed by atoms with van der Waals surface area (Å²) < 4.78 is 9.52. The maximum Gasteiger partial charge on any atom is 0.324 e. The lowest BCUT2D eigenvalue weighted by Gasteiger charge is -2.18. The van der Waals surface area contributed by atoms with Crippen LogP contribution in [-0.2, 0) is 19.1 Å². The van der Waals surface area contributed by atoms with Gasteiger partial charge in [-0.2, -0.15) is 0 Å². The van der Waals surface area contributed by atoms with Gasteiger partial charge in [0.2, 0.25) is 0 Å². The van der Waals surface area contributed by atoms with Crippen LogP contribution in [0.15, 0.2) is 0 Å². The summed E-state index contributed by atoms with van der Waals surface area (Å²) in [4.78, 5) is 22.6. The average molecular weight is 278 g/mol. The third-order valence-corrected chi connectivity index (χ3v) is 3.57. The van der Waals surface area contributed by atoms with Gasteiger partial charge < -0.3 is 20.9 Å². The first-order valence-electron chi connectivity index (χ1n) is 5.68. The number of thioether (sulfide) groups is 1. The minimum atomic E-state index is -0.738. The van der Waals surface area contributed by atoms with Gasteiger partial charge in [0.25, 0.3) is 0 Å². The maximum atomic E-state index is 11.4. The van der Waals surface area contributed by atoms with E-state index in [0.717, 1.165) is 0 Å². The molecule has 0 bridgehead atoms. The fourth-order valence-corrected chi connectivity index (χ4v) is 1.72. The van der Waals surface area contributed by atoms with E-state index in [1.165, 1.54) is 18.9 Å². The molecule has 3 atom stereocenters. The molecule has 7 heteroatoms. The summed E-state index contributed by atoms with van der Waals surface area (Å²) in [6.45, 7) is 5.45. The minimum absolute atomic E-state index is 0.0252. The first-order valence-corrected chi connectivity index (χ1v) is 6.73. The molecule has 0 aromatic carbocycles. The number of ether oxygens (including phenoxy) is 2. The summed E-state index contributed by atoms with van der Waals surface area (Å²) >= 11 is 1.26. The number of carbonyl (C=O) groups is 2. The molecular formula is C11H22N2O4S. The van der Waals surface area contributed by atoms with Gasteiger partial charge in [0, 0.05) is 5.25 Å². The first-order chi connectivity index (χ1) is 8.31. The predicted molar refractivity (Wildman–Crippen MR) is 70.8 cm³/mol. The fraction of sp³-hybridized carbons (Fsp3) is 0.818. The van der Waals surface area contributed by atoms with Crippen molar-refractivity contribution >= 4 is 23.7 Å².